The van der Waals surface area contributed by atoms with Crippen LogP contribution in [0.3, 0.4) is 0 Å². The summed E-state index contributed by atoms with van der Waals surface area (Å²) in [4.78, 5) is 13.3. The summed E-state index contributed by atoms with van der Waals surface area (Å²) in [6.45, 7) is 2.09. The van der Waals surface area contributed by atoms with Crippen molar-refractivity contribution in [3.05, 3.63) is 42.4 Å². The van der Waals surface area contributed by atoms with Gasteiger partial charge in [0.05, 0.1) is 47.9 Å². The zero-order valence-electron chi connectivity index (χ0n) is 13.1. The summed E-state index contributed by atoms with van der Waals surface area (Å²) in [6.07, 6.45) is 3.39. The van der Waals surface area contributed by atoms with Crippen molar-refractivity contribution in [3.63, 3.8) is 0 Å². The molecule has 7 heteroatoms. The molecule has 1 atom stereocenters. The summed E-state index contributed by atoms with van der Waals surface area (Å²) < 4.78 is 5.57. The Hall–Kier alpha value is -2.77. The van der Waals surface area contributed by atoms with Crippen molar-refractivity contribution in [2.45, 2.75) is 6.04 Å². The van der Waals surface area contributed by atoms with Gasteiger partial charge in [0.25, 0.3) is 0 Å². The minimum Gasteiger partial charge on any atom is -0.397 e. The van der Waals surface area contributed by atoms with E-state index in [0.29, 0.717) is 30.2 Å². The number of anilines is 2. The Kier molecular flexibility index (Phi) is 3.72. The van der Waals surface area contributed by atoms with Crippen LogP contribution in [0, 0.1) is 0 Å². The van der Waals surface area contributed by atoms with Crippen LogP contribution in [0.15, 0.2) is 36.7 Å². The Morgan fingerprint density at radius 3 is 2.88 bits per heavy atom. The molecule has 5 N–H and O–H groups in total. The molecule has 0 saturated carbocycles. The first-order valence-electron chi connectivity index (χ1n) is 7.80. The van der Waals surface area contributed by atoms with Gasteiger partial charge in [0.2, 0.25) is 0 Å². The number of nitrogen functional groups attached to an aromatic ring is 2. The lowest BCUT2D eigenvalue weighted by Crippen LogP contribution is -2.35. The Morgan fingerprint density at radius 1 is 1.12 bits per heavy atom. The smallest absolute Gasteiger partial charge is 0.132 e. The quantitative estimate of drug-likeness (QED) is 0.655. The topological polar surface area (TPSA) is 112 Å². The van der Waals surface area contributed by atoms with E-state index in [0.717, 1.165) is 28.9 Å². The summed E-state index contributed by atoms with van der Waals surface area (Å²) in [5, 5.41) is 3.43. The van der Waals surface area contributed by atoms with Gasteiger partial charge in [-0.1, -0.05) is 6.07 Å². The van der Waals surface area contributed by atoms with E-state index in [9.17, 15) is 0 Å². The fraction of sp³-hybridized carbons (Fsp3) is 0.235. The third-order valence-corrected chi connectivity index (χ3v) is 4.10. The minimum atomic E-state index is 0.0319. The predicted molar refractivity (Wildman–Crippen MR) is 93.2 cm³/mol. The average Bonchev–Trinajstić information content (AvgIpc) is 2.62. The molecule has 1 aliphatic heterocycles. The SMILES string of the molecule is Nc1cnc2cc(-c3cccnc3C3COCCN3)c(N)nc2c1. The molecular weight excluding hydrogens is 304 g/mol. The average molecular weight is 322 g/mol. The monoisotopic (exact) mass is 322 g/mol. The second-order valence-electron chi connectivity index (χ2n) is 5.75. The van der Waals surface area contributed by atoms with Gasteiger partial charge in [0.15, 0.2) is 0 Å². The molecule has 1 unspecified atom stereocenters. The van der Waals surface area contributed by atoms with E-state index < -0.39 is 0 Å². The number of pyridine rings is 3. The molecule has 0 radical (unpaired) electrons. The van der Waals surface area contributed by atoms with Crippen molar-refractivity contribution in [2.75, 3.05) is 31.2 Å². The van der Waals surface area contributed by atoms with Crippen LogP contribution in [-0.2, 0) is 4.74 Å². The highest BCUT2D eigenvalue weighted by Gasteiger charge is 2.21. The summed E-state index contributed by atoms with van der Waals surface area (Å²) in [5.74, 6) is 0.431. The van der Waals surface area contributed by atoms with Gasteiger partial charge < -0.3 is 21.5 Å². The molecular formula is C17H18N6O. The lowest BCUT2D eigenvalue weighted by Gasteiger charge is -2.25. The van der Waals surface area contributed by atoms with Crippen LogP contribution in [-0.4, -0.2) is 34.7 Å². The number of ether oxygens (including phenoxy) is 1. The molecule has 3 aromatic heterocycles. The molecule has 0 aliphatic carbocycles. The van der Waals surface area contributed by atoms with E-state index in [1.807, 2.05) is 18.2 Å². The van der Waals surface area contributed by atoms with E-state index in [1.165, 1.54) is 0 Å². The second-order valence-corrected chi connectivity index (χ2v) is 5.75. The number of rotatable bonds is 2. The van der Waals surface area contributed by atoms with Crippen LogP contribution >= 0.6 is 0 Å². The number of nitrogens with zero attached hydrogens (tertiary/aromatic N) is 3. The summed E-state index contributed by atoms with van der Waals surface area (Å²) in [5.41, 5.74) is 16.6. The van der Waals surface area contributed by atoms with Crippen molar-refractivity contribution >= 4 is 22.5 Å². The van der Waals surface area contributed by atoms with E-state index in [4.69, 9.17) is 16.2 Å². The van der Waals surface area contributed by atoms with Crippen molar-refractivity contribution in [3.8, 4) is 11.1 Å². The molecule has 0 aromatic carbocycles. The van der Waals surface area contributed by atoms with Crippen molar-refractivity contribution in [1.29, 1.82) is 0 Å². The molecule has 0 amide bonds. The third kappa shape index (κ3) is 2.64. The van der Waals surface area contributed by atoms with Crippen LogP contribution in [0.1, 0.15) is 11.7 Å². The summed E-state index contributed by atoms with van der Waals surface area (Å²) >= 11 is 0. The Balaban J connectivity index is 1.85. The van der Waals surface area contributed by atoms with Crippen LogP contribution in [0.25, 0.3) is 22.2 Å². The molecule has 0 spiro atoms. The maximum Gasteiger partial charge on any atom is 0.132 e. The highest BCUT2D eigenvalue weighted by atomic mass is 16.5. The van der Waals surface area contributed by atoms with Gasteiger partial charge in [-0.3, -0.25) is 9.97 Å². The van der Waals surface area contributed by atoms with Gasteiger partial charge in [-0.05, 0) is 18.2 Å². The first-order valence-corrected chi connectivity index (χ1v) is 7.80. The van der Waals surface area contributed by atoms with Gasteiger partial charge >= 0.3 is 0 Å². The Labute approximate surface area is 139 Å². The molecule has 122 valence electrons. The van der Waals surface area contributed by atoms with Crippen LogP contribution in [0.2, 0.25) is 0 Å². The highest BCUT2D eigenvalue weighted by molar-refractivity contribution is 5.88. The van der Waals surface area contributed by atoms with E-state index in [1.54, 1.807) is 18.5 Å². The second kappa shape index (κ2) is 6.03. The molecule has 1 fully saturated rings. The Bertz CT molecular complexity index is 891. The number of hydrogen-bond donors (Lipinski definition) is 3. The van der Waals surface area contributed by atoms with Gasteiger partial charge in [-0.2, -0.15) is 0 Å². The van der Waals surface area contributed by atoms with Crippen molar-refractivity contribution in [2.24, 2.45) is 0 Å². The predicted octanol–water partition coefficient (Wildman–Crippen LogP) is 1.52. The highest BCUT2D eigenvalue weighted by Crippen LogP contribution is 2.32. The maximum absolute atomic E-state index is 6.21. The normalized spacial score (nSPS) is 17.9. The van der Waals surface area contributed by atoms with Gasteiger partial charge in [0, 0.05) is 23.9 Å². The molecule has 24 heavy (non-hydrogen) atoms. The fourth-order valence-electron chi connectivity index (χ4n) is 2.96. The number of fused-ring (bicyclic) bond motifs is 1. The lowest BCUT2D eigenvalue weighted by atomic mass is 9.99. The van der Waals surface area contributed by atoms with Crippen LogP contribution in [0.5, 0.6) is 0 Å². The first kappa shape index (κ1) is 14.8. The standard InChI is InChI=1S/C17H18N6O/c18-10-6-14-13(22-8-10)7-12(17(19)23-14)11-2-1-3-21-16(11)15-9-24-5-4-20-15/h1-3,6-8,15,20H,4-5,9,18H2,(H2,19,23). The largest absolute Gasteiger partial charge is 0.397 e. The molecule has 1 aliphatic rings. The zero-order valence-corrected chi connectivity index (χ0v) is 13.1. The lowest BCUT2D eigenvalue weighted by molar-refractivity contribution is 0.0758. The molecule has 4 rings (SSSR count). The summed E-state index contributed by atoms with van der Waals surface area (Å²) in [7, 11) is 0. The van der Waals surface area contributed by atoms with E-state index in [2.05, 4.69) is 20.3 Å². The number of aromatic nitrogens is 3. The zero-order chi connectivity index (χ0) is 16.5. The summed E-state index contributed by atoms with van der Waals surface area (Å²) in [6, 6.07) is 7.62. The van der Waals surface area contributed by atoms with Crippen LogP contribution in [0.4, 0.5) is 11.5 Å². The number of hydrogen-bond acceptors (Lipinski definition) is 7. The number of morpholine rings is 1. The van der Waals surface area contributed by atoms with E-state index >= 15 is 0 Å². The Morgan fingerprint density at radius 2 is 2.04 bits per heavy atom. The van der Waals surface area contributed by atoms with Crippen molar-refractivity contribution in [1.82, 2.24) is 20.3 Å². The maximum atomic E-state index is 6.21. The van der Waals surface area contributed by atoms with Gasteiger partial charge in [-0.25, -0.2) is 4.98 Å². The number of nitrogens with one attached hydrogen (secondary N) is 1. The van der Waals surface area contributed by atoms with Gasteiger partial charge in [-0.15, -0.1) is 0 Å². The minimum absolute atomic E-state index is 0.0319. The molecule has 3 aromatic rings. The fourth-order valence-corrected chi connectivity index (χ4v) is 2.96. The van der Waals surface area contributed by atoms with E-state index in [-0.39, 0.29) is 6.04 Å². The van der Waals surface area contributed by atoms with Crippen molar-refractivity contribution < 1.29 is 4.74 Å². The first-order chi connectivity index (χ1) is 11.7. The molecule has 1 saturated heterocycles. The molecule has 7 nitrogen and oxygen atoms in total. The number of nitrogens with two attached hydrogens (primary N) is 2. The van der Waals surface area contributed by atoms with Crippen LogP contribution < -0.4 is 16.8 Å². The molecule has 4 heterocycles. The van der Waals surface area contributed by atoms with Gasteiger partial charge in [0.1, 0.15) is 5.82 Å². The molecule has 0 bridgehead atoms. The third-order valence-electron chi connectivity index (χ3n) is 4.10.